The van der Waals surface area contributed by atoms with E-state index in [4.69, 9.17) is 16.1 Å². The Bertz CT molecular complexity index is 1090. The van der Waals surface area contributed by atoms with E-state index in [1.54, 1.807) is 6.07 Å². The van der Waals surface area contributed by atoms with Gasteiger partial charge in [-0.1, -0.05) is 35.0 Å². The fraction of sp³-hybridized carbons (Fsp3) is 0.435. The Morgan fingerprint density at radius 2 is 1.75 bits per heavy atom. The molecule has 0 N–H and O–H groups in total. The molecule has 0 bridgehead atoms. The molecule has 1 aliphatic carbocycles. The Morgan fingerprint density at radius 3 is 2.41 bits per heavy atom. The fourth-order valence-electron chi connectivity index (χ4n) is 4.46. The third kappa shape index (κ3) is 4.26. The number of nitrogens with zero attached hydrogens (tertiary/aromatic N) is 4. The van der Waals surface area contributed by atoms with Crippen LogP contribution in [0.5, 0.6) is 0 Å². The molecule has 9 heteroatoms. The minimum Gasteiger partial charge on any atom is -0.338 e. The fourth-order valence-corrected chi connectivity index (χ4v) is 4.59. The van der Waals surface area contributed by atoms with Gasteiger partial charge in [0.05, 0.1) is 12.0 Å². The molecule has 3 heterocycles. The normalized spacial score (nSPS) is 19.2. The number of rotatable bonds is 5. The molecule has 1 aliphatic heterocycles. The van der Waals surface area contributed by atoms with Crippen molar-refractivity contribution >= 4 is 11.6 Å². The summed E-state index contributed by atoms with van der Waals surface area (Å²) in [6, 6.07) is 11.9. The van der Waals surface area contributed by atoms with Gasteiger partial charge < -0.3 is 4.52 Å². The van der Waals surface area contributed by atoms with E-state index in [0.29, 0.717) is 29.0 Å². The van der Waals surface area contributed by atoms with Crippen LogP contribution in [0.15, 0.2) is 47.0 Å². The van der Waals surface area contributed by atoms with Crippen LogP contribution >= 0.6 is 11.6 Å². The van der Waals surface area contributed by atoms with Crippen LogP contribution in [0.2, 0.25) is 5.02 Å². The van der Waals surface area contributed by atoms with Crippen molar-refractivity contribution < 1.29 is 17.7 Å². The summed E-state index contributed by atoms with van der Waals surface area (Å²) >= 11 is 6.01. The van der Waals surface area contributed by atoms with Gasteiger partial charge in [-0.15, -0.1) is 0 Å². The van der Waals surface area contributed by atoms with Gasteiger partial charge in [0.1, 0.15) is 5.69 Å². The number of likely N-dealkylation sites (tertiary alicyclic amines) is 1. The second-order valence-corrected chi connectivity index (χ2v) is 9.03. The molecule has 5 nitrogen and oxygen atoms in total. The Balaban J connectivity index is 1.21. The van der Waals surface area contributed by atoms with E-state index in [2.05, 4.69) is 20.0 Å². The van der Waals surface area contributed by atoms with Crippen LogP contribution in [0.1, 0.15) is 60.3 Å². The highest BCUT2D eigenvalue weighted by molar-refractivity contribution is 6.30. The first-order valence-corrected chi connectivity index (χ1v) is 11.1. The van der Waals surface area contributed by atoms with Crippen LogP contribution in [0.3, 0.4) is 0 Å². The van der Waals surface area contributed by atoms with E-state index in [9.17, 15) is 13.2 Å². The second-order valence-electron chi connectivity index (χ2n) is 8.60. The highest BCUT2D eigenvalue weighted by Crippen LogP contribution is 2.52. The zero-order valence-corrected chi connectivity index (χ0v) is 18.0. The van der Waals surface area contributed by atoms with Crippen LogP contribution in [0.4, 0.5) is 13.2 Å². The van der Waals surface area contributed by atoms with Crippen LogP contribution in [-0.2, 0) is 18.1 Å². The SMILES string of the molecule is FC(F)(F)c1cccc(C2CCN(Cc3nc(C4(c5ccc(Cl)cc5)CC4)no3)CC2)n1. The quantitative estimate of drug-likeness (QED) is 0.494. The molecule has 2 fully saturated rings. The predicted octanol–water partition coefficient (Wildman–Crippen LogP) is 5.60. The van der Waals surface area contributed by atoms with Crippen molar-refractivity contribution in [2.75, 3.05) is 13.1 Å². The number of halogens is 4. The van der Waals surface area contributed by atoms with Gasteiger partial charge >= 0.3 is 6.18 Å². The van der Waals surface area contributed by atoms with Crippen molar-refractivity contribution in [1.29, 1.82) is 0 Å². The summed E-state index contributed by atoms with van der Waals surface area (Å²) in [5.74, 6) is 1.29. The molecule has 0 radical (unpaired) electrons. The lowest BCUT2D eigenvalue weighted by molar-refractivity contribution is -0.141. The number of piperidine rings is 1. The van der Waals surface area contributed by atoms with Crippen molar-refractivity contribution in [3.05, 3.63) is 76.2 Å². The molecule has 3 aromatic rings. The van der Waals surface area contributed by atoms with Crippen molar-refractivity contribution in [2.45, 2.75) is 49.7 Å². The topological polar surface area (TPSA) is 55.1 Å². The summed E-state index contributed by atoms with van der Waals surface area (Å²) in [4.78, 5) is 10.7. The zero-order valence-electron chi connectivity index (χ0n) is 17.3. The lowest BCUT2D eigenvalue weighted by atomic mass is 9.93. The summed E-state index contributed by atoms with van der Waals surface area (Å²) in [6.45, 7) is 2.01. The second kappa shape index (κ2) is 8.15. The molecule has 1 saturated carbocycles. The number of hydrogen-bond acceptors (Lipinski definition) is 5. The average molecular weight is 463 g/mol. The van der Waals surface area contributed by atoms with Crippen molar-refractivity contribution in [2.24, 2.45) is 0 Å². The third-order valence-electron chi connectivity index (χ3n) is 6.47. The van der Waals surface area contributed by atoms with Gasteiger partial charge in [-0.05, 0) is 68.6 Å². The summed E-state index contributed by atoms with van der Waals surface area (Å²) in [6.07, 6.45) is -0.989. The maximum absolute atomic E-state index is 13.0. The van der Waals surface area contributed by atoms with Crippen LogP contribution in [0, 0.1) is 0 Å². The molecule has 1 saturated heterocycles. The minimum atomic E-state index is -4.42. The maximum atomic E-state index is 13.0. The maximum Gasteiger partial charge on any atom is 0.433 e. The Hall–Kier alpha value is -2.45. The average Bonchev–Trinajstić information content (AvgIpc) is 3.46. The highest BCUT2D eigenvalue weighted by Gasteiger charge is 2.50. The summed E-state index contributed by atoms with van der Waals surface area (Å²) in [7, 11) is 0. The van der Waals surface area contributed by atoms with E-state index < -0.39 is 11.9 Å². The first kappa shape index (κ1) is 21.4. The molecule has 2 aliphatic rings. The van der Waals surface area contributed by atoms with E-state index in [1.807, 2.05) is 24.3 Å². The zero-order chi connectivity index (χ0) is 22.3. The van der Waals surface area contributed by atoms with Gasteiger partial charge in [-0.3, -0.25) is 4.90 Å². The van der Waals surface area contributed by atoms with Gasteiger partial charge in [0.15, 0.2) is 5.82 Å². The van der Waals surface area contributed by atoms with Crippen LogP contribution in [0.25, 0.3) is 0 Å². The minimum absolute atomic E-state index is 0.0198. The largest absolute Gasteiger partial charge is 0.433 e. The molecule has 0 unspecified atom stereocenters. The van der Waals surface area contributed by atoms with E-state index in [1.165, 1.54) is 6.07 Å². The molecule has 1 aromatic carbocycles. The molecule has 168 valence electrons. The Morgan fingerprint density at radius 1 is 1.03 bits per heavy atom. The van der Waals surface area contributed by atoms with Gasteiger partial charge in [-0.2, -0.15) is 18.2 Å². The number of pyridine rings is 1. The first-order chi connectivity index (χ1) is 15.3. The van der Waals surface area contributed by atoms with E-state index in [-0.39, 0.29) is 11.3 Å². The highest BCUT2D eigenvalue weighted by atomic mass is 35.5. The number of hydrogen-bond donors (Lipinski definition) is 0. The number of alkyl halides is 3. The summed E-state index contributed by atoms with van der Waals surface area (Å²) in [5, 5.41) is 4.94. The third-order valence-corrected chi connectivity index (χ3v) is 6.72. The monoisotopic (exact) mass is 462 g/mol. The molecule has 5 rings (SSSR count). The van der Waals surface area contributed by atoms with Gasteiger partial charge in [-0.25, -0.2) is 4.98 Å². The van der Waals surface area contributed by atoms with Crippen molar-refractivity contribution in [1.82, 2.24) is 20.0 Å². The van der Waals surface area contributed by atoms with Crippen molar-refractivity contribution in [3.63, 3.8) is 0 Å². The molecular formula is C23H22ClF3N4O. The standard InChI is InChI=1S/C23H22ClF3N4O/c24-17-6-4-16(5-7-17)22(10-11-22)21-29-20(32-30-21)14-31-12-8-15(9-13-31)18-2-1-3-19(28-18)23(25,26)27/h1-7,15H,8-14H2. The molecule has 0 atom stereocenters. The smallest absolute Gasteiger partial charge is 0.338 e. The molecular weight excluding hydrogens is 441 g/mol. The molecule has 32 heavy (non-hydrogen) atoms. The lowest BCUT2D eigenvalue weighted by Crippen LogP contribution is -2.33. The number of aromatic nitrogens is 3. The van der Waals surface area contributed by atoms with Crippen molar-refractivity contribution in [3.8, 4) is 0 Å². The van der Waals surface area contributed by atoms with E-state index in [0.717, 1.165) is 50.4 Å². The van der Waals surface area contributed by atoms with Crippen LogP contribution in [-0.4, -0.2) is 33.1 Å². The molecule has 2 aromatic heterocycles. The van der Waals surface area contributed by atoms with Gasteiger partial charge in [0.2, 0.25) is 5.89 Å². The number of benzene rings is 1. The van der Waals surface area contributed by atoms with Crippen LogP contribution < -0.4 is 0 Å². The Labute approximate surface area is 188 Å². The molecule has 0 amide bonds. The summed E-state index contributed by atoms with van der Waals surface area (Å²) in [5.41, 5.74) is 0.640. The first-order valence-electron chi connectivity index (χ1n) is 10.7. The predicted molar refractivity (Wildman–Crippen MR) is 112 cm³/mol. The molecule has 0 spiro atoms. The summed E-state index contributed by atoms with van der Waals surface area (Å²) < 4.78 is 44.4. The van der Waals surface area contributed by atoms with E-state index >= 15 is 0 Å². The lowest BCUT2D eigenvalue weighted by Gasteiger charge is -2.30. The van der Waals surface area contributed by atoms with Gasteiger partial charge in [0, 0.05) is 16.6 Å². The van der Waals surface area contributed by atoms with Gasteiger partial charge in [0.25, 0.3) is 0 Å². The Kier molecular flexibility index (Phi) is 5.45.